The first-order chi connectivity index (χ1) is 9.13. The lowest BCUT2D eigenvalue weighted by atomic mass is 9.95. The first-order valence-corrected chi connectivity index (χ1v) is 6.76. The summed E-state index contributed by atoms with van der Waals surface area (Å²) in [6, 6.07) is 0. The van der Waals surface area contributed by atoms with Crippen molar-refractivity contribution in [2.24, 2.45) is 0 Å². The van der Waals surface area contributed by atoms with Crippen molar-refractivity contribution in [1.82, 2.24) is 5.32 Å². The van der Waals surface area contributed by atoms with E-state index < -0.39 is 11.5 Å². The molecule has 1 unspecified atom stereocenters. The van der Waals surface area contributed by atoms with E-state index in [1.54, 1.807) is 0 Å². The Balaban J connectivity index is 2.88. The Morgan fingerprint density at radius 2 is 2.37 bits per heavy atom. The van der Waals surface area contributed by atoms with E-state index in [4.69, 9.17) is 11.6 Å². The maximum absolute atomic E-state index is 11.7. The summed E-state index contributed by atoms with van der Waals surface area (Å²) < 4.78 is 4.69. The molecule has 0 aliphatic carbocycles. The van der Waals surface area contributed by atoms with Crippen molar-refractivity contribution >= 4 is 23.9 Å². The van der Waals surface area contributed by atoms with Crippen LogP contribution in [0, 0.1) is 11.8 Å². The molecule has 4 nitrogen and oxygen atoms in total. The highest BCUT2D eigenvalue weighted by molar-refractivity contribution is 6.17. The van der Waals surface area contributed by atoms with Crippen LogP contribution in [0.1, 0.15) is 32.6 Å². The predicted octanol–water partition coefficient (Wildman–Crippen LogP) is 1.78. The van der Waals surface area contributed by atoms with Gasteiger partial charge in [-0.15, -0.1) is 11.6 Å². The molecule has 0 spiro atoms. The topological polar surface area (TPSA) is 55.4 Å². The van der Waals surface area contributed by atoms with E-state index in [0.29, 0.717) is 30.7 Å². The summed E-state index contributed by atoms with van der Waals surface area (Å²) in [5.74, 6) is 5.96. The molecule has 104 valence electrons. The summed E-state index contributed by atoms with van der Waals surface area (Å²) in [5, 5.41) is 2.91. The fourth-order valence-electron chi connectivity index (χ4n) is 1.93. The number of allylic oxidation sites excluding steroid dienone is 1. The molecule has 5 heteroatoms. The van der Waals surface area contributed by atoms with Crippen molar-refractivity contribution in [2.45, 2.75) is 38.1 Å². The lowest BCUT2D eigenvalue weighted by Crippen LogP contribution is -2.50. The van der Waals surface area contributed by atoms with Crippen LogP contribution in [0.15, 0.2) is 11.3 Å². The summed E-state index contributed by atoms with van der Waals surface area (Å²) >= 11 is 5.58. The zero-order valence-corrected chi connectivity index (χ0v) is 12.0. The molecule has 0 saturated heterocycles. The van der Waals surface area contributed by atoms with Gasteiger partial charge in [0.15, 0.2) is 11.8 Å². The first-order valence-electron chi connectivity index (χ1n) is 6.23. The van der Waals surface area contributed by atoms with Crippen LogP contribution in [-0.4, -0.2) is 30.8 Å². The summed E-state index contributed by atoms with van der Waals surface area (Å²) in [4.78, 5) is 23.0. The van der Waals surface area contributed by atoms with Gasteiger partial charge in [-0.25, -0.2) is 4.79 Å². The van der Waals surface area contributed by atoms with Gasteiger partial charge in [-0.3, -0.25) is 0 Å². The lowest BCUT2D eigenvalue weighted by molar-refractivity contribution is -0.149. The lowest BCUT2D eigenvalue weighted by Gasteiger charge is -2.20. The smallest absolute Gasteiger partial charge is 0.339 e. The van der Waals surface area contributed by atoms with Gasteiger partial charge in [0.05, 0.1) is 12.8 Å². The number of aldehydes is 1. The Morgan fingerprint density at radius 3 is 2.89 bits per heavy atom. The van der Waals surface area contributed by atoms with Crippen LogP contribution in [-0.2, 0) is 14.3 Å². The van der Waals surface area contributed by atoms with Gasteiger partial charge in [-0.1, -0.05) is 12.8 Å². The highest BCUT2D eigenvalue weighted by Crippen LogP contribution is 2.29. The number of carbonyl (C=O) groups excluding carboxylic acids is 2. The third-order valence-corrected chi connectivity index (χ3v) is 3.29. The minimum absolute atomic E-state index is 0.319. The Hall–Kier alpha value is -1.47. The second kappa shape index (κ2) is 7.20. The molecule has 1 rings (SSSR count). The number of hydrogen-bond donors (Lipinski definition) is 1. The van der Waals surface area contributed by atoms with Gasteiger partial charge in [0.1, 0.15) is 0 Å². The normalized spacial score (nSPS) is 21.4. The van der Waals surface area contributed by atoms with Crippen LogP contribution in [0.3, 0.4) is 0 Å². The molecule has 1 atom stereocenters. The predicted molar refractivity (Wildman–Crippen MR) is 73.6 cm³/mol. The maximum atomic E-state index is 11.7. The Kier molecular flexibility index (Phi) is 5.91. The molecule has 1 aliphatic rings. The van der Waals surface area contributed by atoms with E-state index in [9.17, 15) is 9.59 Å². The number of halogens is 1. The number of rotatable bonds is 5. The van der Waals surface area contributed by atoms with E-state index in [-0.39, 0.29) is 0 Å². The summed E-state index contributed by atoms with van der Waals surface area (Å²) in [6.07, 6.45) is 3.16. The van der Waals surface area contributed by atoms with Gasteiger partial charge in [-0.2, -0.15) is 0 Å². The third kappa shape index (κ3) is 3.51. The average Bonchev–Trinajstić information content (AvgIpc) is 2.82. The zero-order valence-electron chi connectivity index (χ0n) is 11.2. The van der Waals surface area contributed by atoms with Gasteiger partial charge in [0.25, 0.3) is 0 Å². The van der Waals surface area contributed by atoms with Gasteiger partial charge in [0.2, 0.25) is 0 Å². The quantitative estimate of drug-likeness (QED) is 0.209. The fraction of sp³-hybridized carbons (Fsp3) is 0.571. The van der Waals surface area contributed by atoms with Crippen molar-refractivity contribution < 1.29 is 14.3 Å². The molecule has 0 aromatic carbocycles. The molecule has 1 aliphatic heterocycles. The SMILES string of the molecule is CCC1=C(C#CCCCCl)NC(C=O)(C(=O)OC)C1. The standard InChI is InChI=1S/C14H18ClNO3/c1-3-11-9-14(10-17,13(18)19-2)16-12(11)7-5-4-6-8-15/h10,16H,3-4,6,8-9H2,1-2H3. The molecule has 1 heterocycles. The number of hydrogen-bond acceptors (Lipinski definition) is 4. The number of nitrogens with one attached hydrogen (secondary N) is 1. The Morgan fingerprint density at radius 1 is 1.63 bits per heavy atom. The zero-order chi connectivity index (χ0) is 14.3. The maximum Gasteiger partial charge on any atom is 0.339 e. The molecule has 0 radical (unpaired) electrons. The summed E-state index contributed by atoms with van der Waals surface area (Å²) in [5.41, 5.74) is 0.321. The minimum Gasteiger partial charge on any atom is -0.467 e. The van der Waals surface area contributed by atoms with Crippen LogP contribution >= 0.6 is 11.6 Å². The molecular formula is C14H18ClNO3. The van der Waals surface area contributed by atoms with Gasteiger partial charge in [-0.05, 0) is 24.3 Å². The molecule has 0 aromatic heterocycles. The summed E-state index contributed by atoms with van der Waals surface area (Å²) in [6.45, 7) is 1.97. The van der Waals surface area contributed by atoms with Crippen molar-refractivity contribution in [1.29, 1.82) is 0 Å². The van der Waals surface area contributed by atoms with Gasteiger partial charge < -0.3 is 14.8 Å². The number of methoxy groups -OCH3 is 1. The number of unbranched alkanes of at least 4 members (excludes halogenated alkanes) is 1. The molecule has 0 amide bonds. The van der Waals surface area contributed by atoms with E-state index >= 15 is 0 Å². The van der Waals surface area contributed by atoms with E-state index in [0.717, 1.165) is 18.4 Å². The Labute approximate surface area is 118 Å². The summed E-state index contributed by atoms with van der Waals surface area (Å²) in [7, 11) is 1.27. The second-order valence-corrected chi connectivity index (χ2v) is 4.69. The number of esters is 1. The van der Waals surface area contributed by atoms with Crippen molar-refractivity contribution in [2.75, 3.05) is 13.0 Å². The average molecular weight is 284 g/mol. The number of carbonyl (C=O) groups is 2. The molecule has 0 fully saturated rings. The van der Waals surface area contributed by atoms with Crippen LogP contribution < -0.4 is 5.32 Å². The molecule has 0 bridgehead atoms. The molecule has 0 saturated carbocycles. The van der Waals surface area contributed by atoms with Crippen LogP contribution in [0.5, 0.6) is 0 Å². The van der Waals surface area contributed by atoms with Crippen molar-refractivity contribution in [3.8, 4) is 11.8 Å². The van der Waals surface area contributed by atoms with E-state index in [1.807, 2.05) is 6.92 Å². The highest BCUT2D eigenvalue weighted by atomic mass is 35.5. The van der Waals surface area contributed by atoms with Crippen molar-refractivity contribution in [3.63, 3.8) is 0 Å². The Bertz CT molecular complexity index is 447. The monoisotopic (exact) mass is 283 g/mol. The third-order valence-electron chi connectivity index (χ3n) is 3.02. The highest BCUT2D eigenvalue weighted by Gasteiger charge is 2.45. The van der Waals surface area contributed by atoms with Gasteiger partial charge >= 0.3 is 5.97 Å². The molecule has 19 heavy (non-hydrogen) atoms. The number of alkyl halides is 1. The van der Waals surface area contributed by atoms with Gasteiger partial charge in [0, 0.05) is 18.7 Å². The second-order valence-electron chi connectivity index (χ2n) is 4.31. The minimum atomic E-state index is -1.31. The van der Waals surface area contributed by atoms with Crippen LogP contribution in [0.2, 0.25) is 0 Å². The first kappa shape index (κ1) is 15.6. The number of ether oxygens (including phenoxy) is 1. The van der Waals surface area contributed by atoms with Crippen molar-refractivity contribution in [3.05, 3.63) is 11.3 Å². The molecular weight excluding hydrogens is 266 g/mol. The van der Waals surface area contributed by atoms with Crippen LogP contribution in [0.25, 0.3) is 0 Å². The largest absolute Gasteiger partial charge is 0.467 e. The molecule has 0 aromatic rings. The van der Waals surface area contributed by atoms with E-state index in [2.05, 4.69) is 21.9 Å². The fourth-order valence-corrected chi connectivity index (χ4v) is 2.07. The van der Waals surface area contributed by atoms with E-state index in [1.165, 1.54) is 7.11 Å². The molecule has 1 N–H and O–H groups in total. The van der Waals surface area contributed by atoms with Crippen LogP contribution in [0.4, 0.5) is 0 Å².